The Bertz CT molecular complexity index is 1100. The molecule has 3 aromatic rings. The van der Waals surface area contributed by atoms with Gasteiger partial charge in [0.05, 0.1) is 31.2 Å². The number of amides is 2. The number of esters is 1. The molecular weight excluding hydrogens is 376 g/mol. The molecule has 0 spiro atoms. The molecule has 0 saturated heterocycles. The number of nitrogens with one attached hydrogen (secondary N) is 1. The number of rotatable bonds is 5. The van der Waals surface area contributed by atoms with Crippen LogP contribution >= 0.6 is 0 Å². The smallest absolute Gasteiger partial charge is 0.310 e. The van der Waals surface area contributed by atoms with E-state index >= 15 is 0 Å². The van der Waals surface area contributed by atoms with Gasteiger partial charge in [-0.3, -0.25) is 19.3 Å². The number of nitrogens with zero attached hydrogens (tertiary/aromatic N) is 1. The van der Waals surface area contributed by atoms with Gasteiger partial charge in [0.1, 0.15) is 17.9 Å². The van der Waals surface area contributed by atoms with E-state index in [4.69, 9.17) is 13.9 Å². The Morgan fingerprint density at radius 2 is 2.03 bits per heavy atom. The largest absolute Gasteiger partial charge is 0.497 e. The molecule has 4 rings (SSSR count). The molecular formula is C21H18N2O6. The molecule has 0 radical (unpaired) electrons. The third-order valence-corrected chi connectivity index (χ3v) is 4.63. The normalized spacial score (nSPS) is 13.0. The second-order valence-electron chi connectivity index (χ2n) is 6.51. The quantitative estimate of drug-likeness (QED) is 0.668. The lowest BCUT2D eigenvalue weighted by atomic mass is 10.1. The third kappa shape index (κ3) is 3.77. The highest BCUT2D eigenvalue weighted by Crippen LogP contribution is 2.29. The van der Waals surface area contributed by atoms with E-state index in [-0.39, 0.29) is 18.9 Å². The summed E-state index contributed by atoms with van der Waals surface area (Å²) in [7, 11) is 1.56. The van der Waals surface area contributed by atoms with Gasteiger partial charge in [-0.1, -0.05) is 12.1 Å². The van der Waals surface area contributed by atoms with Gasteiger partial charge >= 0.3 is 5.97 Å². The standard InChI is InChI=1S/C21H18N2O6/c1-27-14-6-7-15-13(11-28-18(15)9-14)8-21(26)29-12-20(25)23-10-19(24)22-16-4-2-3-5-17(16)23/h2-7,9,11H,8,10,12H2,1H3,(H,22,24). The molecule has 1 N–H and O–H groups in total. The Balaban J connectivity index is 1.40. The van der Waals surface area contributed by atoms with Gasteiger partial charge in [0.25, 0.3) is 5.91 Å². The van der Waals surface area contributed by atoms with Crippen molar-refractivity contribution < 1.29 is 28.3 Å². The van der Waals surface area contributed by atoms with Crippen molar-refractivity contribution in [3.05, 3.63) is 54.3 Å². The lowest BCUT2D eigenvalue weighted by molar-refractivity contribution is -0.147. The number of furan rings is 1. The Morgan fingerprint density at radius 1 is 1.21 bits per heavy atom. The van der Waals surface area contributed by atoms with E-state index in [1.807, 2.05) is 0 Å². The van der Waals surface area contributed by atoms with Gasteiger partial charge in [-0.2, -0.15) is 0 Å². The third-order valence-electron chi connectivity index (χ3n) is 4.63. The summed E-state index contributed by atoms with van der Waals surface area (Å²) in [6.45, 7) is -0.578. The minimum Gasteiger partial charge on any atom is -0.497 e. The molecule has 2 aromatic carbocycles. The van der Waals surface area contributed by atoms with E-state index in [0.717, 1.165) is 5.39 Å². The lowest BCUT2D eigenvalue weighted by Crippen LogP contribution is -2.44. The van der Waals surface area contributed by atoms with Crippen LogP contribution in [0.1, 0.15) is 5.56 Å². The van der Waals surface area contributed by atoms with Crippen LogP contribution in [0.2, 0.25) is 0 Å². The molecule has 8 heteroatoms. The fraction of sp³-hybridized carbons (Fsp3) is 0.190. The zero-order valence-electron chi connectivity index (χ0n) is 15.6. The number of hydrogen-bond donors (Lipinski definition) is 1. The highest BCUT2D eigenvalue weighted by atomic mass is 16.5. The maximum atomic E-state index is 12.5. The van der Waals surface area contributed by atoms with Gasteiger partial charge in [-0.15, -0.1) is 0 Å². The maximum absolute atomic E-state index is 12.5. The summed E-state index contributed by atoms with van der Waals surface area (Å²) in [5, 5.41) is 3.48. The van der Waals surface area contributed by atoms with E-state index in [1.165, 1.54) is 11.2 Å². The van der Waals surface area contributed by atoms with E-state index in [1.54, 1.807) is 49.6 Å². The number of carbonyl (C=O) groups excluding carboxylic acids is 3. The van der Waals surface area contributed by atoms with E-state index < -0.39 is 18.5 Å². The molecule has 0 unspecified atom stereocenters. The summed E-state index contributed by atoms with van der Waals surface area (Å²) in [5.41, 5.74) is 2.37. The predicted octanol–water partition coefficient (Wildman–Crippen LogP) is 2.51. The monoisotopic (exact) mass is 394 g/mol. The summed E-state index contributed by atoms with van der Waals surface area (Å²) in [6.07, 6.45) is 1.45. The molecule has 29 heavy (non-hydrogen) atoms. The van der Waals surface area contributed by atoms with Crippen molar-refractivity contribution in [2.45, 2.75) is 6.42 Å². The van der Waals surface area contributed by atoms with E-state index in [2.05, 4.69) is 5.32 Å². The fourth-order valence-corrected chi connectivity index (χ4v) is 3.21. The first-order chi connectivity index (χ1) is 14.0. The van der Waals surface area contributed by atoms with Crippen molar-refractivity contribution in [2.75, 3.05) is 30.5 Å². The van der Waals surface area contributed by atoms with Crippen molar-refractivity contribution in [1.29, 1.82) is 0 Å². The molecule has 0 atom stereocenters. The number of fused-ring (bicyclic) bond motifs is 2. The summed E-state index contributed by atoms with van der Waals surface area (Å²) < 4.78 is 15.7. The number of methoxy groups -OCH3 is 1. The summed E-state index contributed by atoms with van der Waals surface area (Å²) in [6, 6.07) is 12.3. The van der Waals surface area contributed by atoms with Crippen LogP contribution in [0.5, 0.6) is 5.75 Å². The van der Waals surface area contributed by atoms with Crippen molar-refractivity contribution >= 4 is 40.1 Å². The fourth-order valence-electron chi connectivity index (χ4n) is 3.21. The molecule has 8 nitrogen and oxygen atoms in total. The number of para-hydroxylation sites is 2. The van der Waals surface area contributed by atoms with E-state index in [0.29, 0.717) is 28.3 Å². The summed E-state index contributed by atoms with van der Waals surface area (Å²) in [5.74, 6) is -0.685. The number of carbonyl (C=O) groups is 3. The lowest BCUT2D eigenvalue weighted by Gasteiger charge is -2.28. The second-order valence-corrected chi connectivity index (χ2v) is 6.51. The molecule has 2 amide bonds. The van der Waals surface area contributed by atoms with E-state index in [9.17, 15) is 14.4 Å². The Labute approximate surface area is 166 Å². The molecule has 0 saturated carbocycles. The van der Waals surface area contributed by atoms with Crippen LogP contribution in [0.4, 0.5) is 11.4 Å². The summed E-state index contributed by atoms with van der Waals surface area (Å²) in [4.78, 5) is 37.9. The van der Waals surface area contributed by atoms with Gasteiger partial charge in [0.15, 0.2) is 6.61 Å². The minimum atomic E-state index is -0.563. The average Bonchev–Trinajstić information content (AvgIpc) is 3.13. The first kappa shape index (κ1) is 18.5. The number of ether oxygens (including phenoxy) is 2. The highest BCUT2D eigenvalue weighted by molar-refractivity contribution is 6.10. The van der Waals surface area contributed by atoms with Gasteiger partial charge in [0.2, 0.25) is 5.91 Å². The van der Waals surface area contributed by atoms with Crippen LogP contribution in [0.15, 0.2) is 53.1 Å². The van der Waals surface area contributed by atoms with Crippen LogP contribution in [0, 0.1) is 0 Å². The van der Waals surface area contributed by atoms with Gasteiger partial charge < -0.3 is 19.2 Å². The Morgan fingerprint density at radius 3 is 2.86 bits per heavy atom. The second kappa shape index (κ2) is 7.67. The first-order valence-electron chi connectivity index (χ1n) is 8.94. The van der Waals surface area contributed by atoms with Crippen LogP contribution in [0.25, 0.3) is 11.0 Å². The van der Waals surface area contributed by atoms with Gasteiger partial charge in [0, 0.05) is 17.0 Å². The van der Waals surface area contributed by atoms with Crippen LogP contribution < -0.4 is 15.0 Å². The number of hydrogen-bond acceptors (Lipinski definition) is 6. The summed E-state index contributed by atoms with van der Waals surface area (Å²) >= 11 is 0. The Kier molecular flexibility index (Phi) is 4.90. The zero-order valence-corrected chi connectivity index (χ0v) is 15.6. The highest BCUT2D eigenvalue weighted by Gasteiger charge is 2.27. The average molecular weight is 394 g/mol. The van der Waals surface area contributed by atoms with Crippen LogP contribution in [-0.4, -0.2) is 38.0 Å². The minimum absolute atomic E-state index is 0.0380. The SMILES string of the molecule is COc1ccc2c(CC(=O)OCC(=O)N3CC(=O)Nc4ccccc43)coc2c1. The van der Waals surface area contributed by atoms with Crippen molar-refractivity contribution in [2.24, 2.45) is 0 Å². The topological polar surface area (TPSA) is 98.1 Å². The molecule has 1 aliphatic rings. The molecule has 0 bridgehead atoms. The molecule has 2 heterocycles. The van der Waals surface area contributed by atoms with Crippen LogP contribution in [0.3, 0.4) is 0 Å². The first-order valence-corrected chi connectivity index (χ1v) is 8.94. The van der Waals surface area contributed by atoms with Gasteiger partial charge in [-0.25, -0.2) is 0 Å². The predicted molar refractivity (Wildman–Crippen MR) is 105 cm³/mol. The molecule has 1 aromatic heterocycles. The molecule has 148 valence electrons. The Hall–Kier alpha value is -3.81. The molecule has 0 aliphatic carbocycles. The molecule has 0 fully saturated rings. The van der Waals surface area contributed by atoms with Crippen LogP contribution in [-0.2, 0) is 25.5 Å². The van der Waals surface area contributed by atoms with Gasteiger partial charge in [-0.05, 0) is 24.3 Å². The van der Waals surface area contributed by atoms with Crippen molar-refractivity contribution in [3.63, 3.8) is 0 Å². The zero-order chi connectivity index (χ0) is 20.4. The molecule has 1 aliphatic heterocycles. The number of anilines is 2. The van der Waals surface area contributed by atoms with Crippen molar-refractivity contribution in [1.82, 2.24) is 0 Å². The maximum Gasteiger partial charge on any atom is 0.310 e. The van der Waals surface area contributed by atoms with Crippen molar-refractivity contribution in [3.8, 4) is 5.75 Å². The number of benzene rings is 2.